The van der Waals surface area contributed by atoms with E-state index in [9.17, 15) is 4.79 Å². The van der Waals surface area contributed by atoms with Gasteiger partial charge in [-0.25, -0.2) is 5.10 Å². The Morgan fingerprint density at radius 3 is 2.68 bits per heavy atom. The summed E-state index contributed by atoms with van der Waals surface area (Å²) in [6.45, 7) is 0. The van der Waals surface area contributed by atoms with E-state index in [0.29, 0.717) is 22.2 Å². The molecule has 94 valence electrons. The molecule has 0 aliphatic rings. The molecule has 0 bridgehead atoms. The highest BCUT2D eigenvalue weighted by atomic mass is 16.5. The van der Waals surface area contributed by atoms with Crippen molar-refractivity contribution in [3.05, 3.63) is 53.1 Å². The molecule has 1 aromatic carbocycles. The first-order chi connectivity index (χ1) is 9.31. The number of hydrogen-bond acceptors (Lipinski definition) is 4. The fourth-order valence-electron chi connectivity index (χ4n) is 2.08. The molecule has 0 radical (unpaired) electrons. The summed E-state index contributed by atoms with van der Waals surface area (Å²) >= 11 is 0. The van der Waals surface area contributed by atoms with Crippen LogP contribution in [0.15, 0.2) is 47.5 Å². The minimum atomic E-state index is -0.230. The fourth-order valence-corrected chi connectivity index (χ4v) is 2.08. The predicted molar refractivity (Wildman–Crippen MR) is 72.1 cm³/mol. The average Bonchev–Trinajstić information content (AvgIpc) is 2.48. The molecule has 1 N–H and O–H groups in total. The number of benzene rings is 1. The maximum absolute atomic E-state index is 11.8. The van der Waals surface area contributed by atoms with E-state index in [4.69, 9.17) is 4.74 Å². The monoisotopic (exact) mass is 253 g/mol. The van der Waals surface area contributed by atoms with Gasteiger partial charge in [-0.3, -0.25) is 9.78 Å². The minimum Gasteiger partial charge on any atom is -0.496 e. The van der Waals surface area contributed by atoms with Crippen LogP contribution < -0.4 is 10.3 Å². The molecule has 0 aliphatic carbocycles. The van der Waals surface area contributed by atoms with Gasteiger partial charge in [-0.1, -0.05) is 6.07 Å². The molecule has 2 heterocycles. The van der Waals surface area contributed by atoms with Crippen molar-refractivity contribution in [2.24, 2.45) is 0 Å². The van der Waals surface area contributed by atoms with Gasteiger partial charge >= 0.3 is 0 Å². The Balaban J connectivity index is 2.44. The Morgan fingerprint density at radius 1 is 1.16 bits per heavy atom. The van der Waals surface area contributed by atoms with Crippen molar-refractivity contribution in [2.45, 2.75) is 0 Å². The Hall–Kier alpha value is -2.69. The molecular weight excluding hydrogens is 242 g/mol. The summed E-state index contributed by atoms with van der Waals surface area (Å²) in [7, 11) is 1.58. The molecule has 0 saturated heterocycles. The molecule has 3 rings (SSSR count). The molecule has 0 amide bonds. The van der Waals surface area contributed by atoms with E-state index in [1.807, 2.05) is 18.2 Å². The Morgan fingerprint density at radius 2 is 1.95 bits per heavy atom. The zero-order valence-corrected chi connectivity index (χ0v) is 10.3. The van der Waals surface area contributed by atoms with E-state index >= 15 is 0 Å². The van der Waals surface area contributed by atoms with Gasteiger partial charge in [0, 0.05) is 18.0 Å². The summed E-state index contributed by atoms with van der Waals surface area (Å²) in [6, 6.07) is 9.03. The largest absolute Gasteiger partial charge is 0.496 e. The average molecular weight is 253 g/mol. The SMILES string of the molecule is COc1cccc2c(=O)[nH]nc(-c3ccncc3)c12. The highest BCUT2D eigenvalue weighted by molar-refractivity contribution is 5.98. The Labute approximate surface area is 108 Å². The molecule has 5 nitrogen and oxygen atoms in total. The summed E-state index contributed by atoms with van der Waals surface area (Å²) in [5.41, 5.74) is 1.32. The maximum Gasteiger partial charge on any atom is 0.272 e. The number of aromatic nitrogens is 3. The van der Waals surface area contributed by atoms with Crippen molar-refractivity contribution in [3.8, 4) is 17.0 Å². The Kier molecular flexibility index (Phi) is 2.72. The minimum absolute atomic E-state index is 0.230. The van der Waals surface area contributed by atoms with Gasteiger partial charge in [-0.15, -0.1) is 0 Å². The quantitative estimate of drug-likeness (QED) is 0.758. The molecule has 2 aromatic heterocycles. The van der Waals surface area contributed by atoms with E-state index in [-0.39, 0.29) is 5.56 Å². The summed E-state index contributed by atoms with van der Waals surface area (Å²) in [5, 5.41) is 7.92. The van der Waals surface area contributed by atoms with Crippen LogP contribution in [0.25, 0.3) is 22.0 Å². The number of aromatic amines is 1. The first-order valence-corrected chi connectivity index (χ1v) is 5.77. The molecular formula is C14H11N3O2. The van der Waals surface area contributed by atoms with Crippen LogP contribution in [0.4, 0.5) is 0 Å². The van der Waals surface area contributed by atoms with Gasteiger partial charge in [0.2, 0.25) is 0 Å². The van der Waals surface area contributed by atoms with Crippen molar-refractivity contribution in [3.63, 3.8) is 0 Å². The molecule has 0 fully saturated rings. The van der Waals surface area contributed by atoms with Crippen LogP contribution in [-0.2, 0) is 0 Å². The second-order valence-corrected chi connectivity index (χ2v) is 4.02. The third kappa shape index (κ3) is 1.85. The van der Waals surface area contributed by atoms with Crippen molar-refractivity contribution in [2.75, 3.05) is 7.11 Å². The number of ether oxygens (including phenoxy) is 1. The number of fused-ring (bicyclic) bond motifs is 1. The van der Waals surface area contributed by atoms with Gasteiger partial charge in [-0.05, 0) is 24.3 Å². The predicted octanol–water partition coefficient (Wildman–Crippen LogP) is 1.99. The summed E-state index contributed by atoms with van der Waals surface area (Å²) < 4.78 is 5.34. The van der Waals surface area contributed by atoms with Gasteiger partial charge < -0.3 is 4.74 Å². The summed E-state index contributed by atoms with van der Waals surface area (Å²) in [4.78, 5) is 15.8. The molecule has 0 aliphatic heterocycles. The normalized spacial score (nSPS) is 10.6. The lowest BCUT2D eigenvalue weighted by molar-refractivity contribution is 0.419. The number of nitrogens with one attached hydrogen (secondary N) is 1. The van der Waals surface area contributed by atoms with Crippen LogP contribution in [-0.4, -0.2) is 22.3 Å². The number of hydrogen-bond donors (Lipinski definition) is 1. The van der Waals surface area contributed by atoms with E-state index in [1.54, 1.807) is 31.6 Å². The highest BCUT2D eigenvalue weighted by Gasteiger charge is 2.12. The zero-order chi connectivity index (χ0) is 13.2. The summed E-state index contributed by atoms with van der Waals surface area (Å²) in [5.74, 6) is 0.628. The summed E-state index contributed by atoms with van der Waals surface area (Å²) in [6.07, 6.45) is 3.37. The van der Waals surface area contributed by atoms with E-state index in [1.165, 1.54) is 0 Å². The van der Waals surface area contributed by atoms with Crippen LogP contribution in [0.2, 0.25) is 0 Å². The van der Waals surface area contributed by atoms with Crippen molar-refractivity contribution >= 4 is 10.8 Å². The van der Waals surface area contributed by atoms with Crippen LogP contribution in [0, 0.1) is 0 Å². The third-order valence-electron chi connectivity index (χ3n) is 2.95. The van der Waals surface area contributed by atoms with Crippen LogP contribution in [0.3, 0.4) is 0 Å². The second kappa shape index (κ2) is 4.53. The number of methoxy groups -OCH3 is 1. The zero-order valence-electron chi connectivity index (χ0n) is 10.3. The van der Waals surface area contributed by atoms with Gasteiger partial charge in [0.05, 0.1) is 17.9 Å². The number of rotatable bonds is 2. The van der Waals surface area contributed by atoms with E-state index in [0.717, 1.165) is 5.56 Å². The second-order valence-electron chi connectivity index (χ2n) is 4.02. The number of pyridine rings is 1. The van der Waals surface area contributed by atoms with E-state index < -0.39 is 0 Å². The van der Waals surface area contributed by atoms with Gasteiger partial charge in [0.15, 0.2) is 0 Å². The van der Waals surface area contributed by atoms with E-state index in [2.05, 4.69) is 15.2 Å². The number of H-pyrrole nitrogens is 1. The van der Waals surface area contributed by atoms with Crippen LogP contribution >= 0.6 is 0 Å². The van der Waals surface area contributed by atoms with Gasteiger partial charge in [0.1, 0.15) is 11.4 Å². The van der Waals surface area contributed by atoms with Gasteiger partial charge in [-0.2, -0.15) is 5.10 Å². The lowest BCUT2D eigenvalue weighted by Crippen LogP contribution is -2.10. The Bertz CT molecular complexity index is 782. The molecule has 5 heteroatoms. The maximum atomic E-state index is 11.8. The smallest absolute Gasteiger partial charge is 0.272 e. The lowest BCUT2D eigenvalue weighted by Gasteiger charge is -2.08. The van der Waals surface area contributed by atoms with Crippen molar-refractivity contribution in [1.29, 1.82) is 0 Å². The molecule has 0 spiro atoms. The lowest BCUT2D eigenvalue weighted by atomic mass is 10.1. The third-order valence-corrected chi connectivity index (χ3v) is 2.95. The van der Waals surface area contributed by atoms with Crippen molar-refractivity contribution in [1.82, 2.24) is 15.2 Å². The van der Waals surface area contributed by atoms with Crippen molar-refractivity contribution < 1.29 is 4.74 Å². The topological polar surface area (TPSA) is 67.9 Å². The molecule has 0 atom stereocenters. The molecule has 0 unspecified atom stereocenters. The molecule has 19 heavy (non-hydrogen) atoms. The highest BCUT2D eigenvalue weighted by Crippen LogP contribution is 2.31. The first-order valence-electron chi connectivity index (χ1n) is 5.77. The molecule has 0 saturated carbocycles. The molecule has 3 aromatic rings. The number of nitrogens with zero attached hydrogens (tertiary/aromatic N) is 2. The standard InChI is InChI=1S/C14H11N3O2/c1-19-11-4-2-3-10-12(11)13(16-17-14(10)18)9-5-7-15-8-6-9/h2-8H,1H3,(H,17,18). The van der Waals surface area contributed by atoms with Crippen LogP contribution in [0.1, 0.15) is 0 Å². The fraction of sp³-hybridized carbons (Fsp3) is 0.0714. The van der Waals surface area contributed by atoms with Gasteiger partial charge in [0.25, 0.3) is 5.56 Å². The first kappa shape index (κ1) is 11.4. The van der Waals surface area contributed by atoms with Crippen LogP contribution in [0.5, 0.6) is 5.75 Å².